The third-order valence-electron chi connectivity index (χ3n) is 6.59. The van der Waals surface area contributed by atoms with Crippen molar-refractivity contribution < 1.29 is 23.9 Å². The van der Waals surface area contributed by atoms with E-state index in [1.165, 1.54) is 64.2 Å². The largest absolute Gasteiger partial charge is 0.462 e. The van der Waals surface area contributed by atoms with Gasteiger partial charge in [0.25, 0.3) is 0 Å². The fourth-order valence-corrected chi connectivity index (χ4v) is 4.26. The lowest BCUT2D eigenvalue weighted by Gasteiger charge is -2.19. The number of unbranched alkanes of at least 4 members (excludes halogenated alkanes) is 10. The van der Waals surface area contributed by atoms with Gasteiger partial charge in [-0.15, -0.1) is 0 Å². The van der Waals surface area contributed by atoms with Gasteiger partial charge in [0.15, 0.2) is 0 Å². The standard InChI is InChI=1S/C31H57NO5/c1-4-7-10-13-14-15-18-27-36-30(34)23-19-25-32(28-33)26-20-24-31(35)37-29(21-16-11-8-5-2)22-17-12-9-6-3/h15,18,28-29H,4-14,16-17,19-27H2,1-3H3/b18-15-. The minimum Gasteiger partial charge on any atom is -0.462 e. The first-order chi connectivity index (χ1) is 18.1. The van der Waals surface area contributed by atoms with Crippen LogP contribution in [0.4, 0.5) is 0 Å². The Morgan fingerprint density at radius 1 is 0.676 bits per heavy atom. The van der Waals surface area contributed by atoms with Gasteiger partial charge in [-0.25, -0.2) is 0 Å². The maximum absolute atomic E-state index is 12.4. The van der Waals surface area contributed by atoms with Crippen molar-refractivity contribution in [1.82, 2.24) is 4.90 Å². The molecule has 0 unspecified atom stereocenters. The Labute approximate surface area is 227 Å². The van der Waals surface area contributed by atoms with Crippen LogP contribution in [0.15, 0.2) is 12.2 Å². The lowest BCUT2D eigenvalue weighted by molar-refractivity contribution is -0.150. The summed E-state index contributed by atoms with van der Waals surface area (Å²) in [5, 5.41) is 0. The molecule has 37 heavy (non-hydrogen) atoms. The van der Waals surface area contributed by atoms with Crippen molar-refractivity contribution in [2.75, 3.05) is 19.7 Å². The summed E-state index contributed by atoms with van der Waals surface area (Å²) in [6.45, 7) is 7.88. The van der Waals surface area contributed by atoms with E-state index in [9.17, 15) is 14.4 Å². The predicted octanol–water partition coefficient (Wildman–Crippen LogP) is 7.93. The molecule has 0 aliphatic heterocycles. The molecule has 1 amide bonds. The van der Waals surface area contributed by atoms with E-state index in [0.717, 1.165) is 38.5 Å². The Kier molecular flexibility index (Phi) is 25.8. The summed E-state index contributed by atoms with van der Waals surface area (Å²) in [4.78, 5) is 37.3. The fourth-order valence-electron chi connectivity index (χ4n) is 4.26. The molecule has 0 radical (unpaired) electrons. The maximum Gasteiger partial charge on any atom is 0.306 e. The zero-order chi connectivity index (χ0) is 27.4. The third-order valence-corrected chi connectivity index (χ3v) is 6.59. The van der Waals surface area contributed by atoms with Crippen LogP contribution in [0, 0.1) is 0 Å². The van der Waals surface area contributed by atoms with Crippen LogP contribution in [0.1, 0.15) is 143 Å². The highest BCUT2D eigenvalue weighted by atomic mass is 16.5. The summed E-state index contributed by atoms with van der Waals surface area (Å²) < 4.78 is 11.0. The lowest BCUT2D eigenvalue weighted by Crippen LogP contribution is -2.26. The Morgan fingerprint density at radius 3 is 1.76 bits per heavy atom. The van der Waals surface area contributed by atoms with E-state index in [1.54, 1.807) is 4.90 Å². The maximum atomic E-state index is 12.4. The monoisotopic (exact) mass is 523 g/mol. The van der Waals surface area contributed by atoms with Crippen LogP contribution in [0.25, 0.3) is 0 Å². The van der Waals surface area contributed by atoms with E-state index in [2.05, 4.69) is 26.8 Å². The number of esters is 2. The van der Waals surface area contributed by atoms with Crippen molar-refractivity contribution in [3.05, 3.63) is 12.2 Å². The molecule has 6 heteroatoms. The number of rotatable bonds is 27. The van der Waals surface area contributed by atoms with E-state index in [0.29, 0.717) is 39.0 Å². The first-order valence-electron chi connectivity index (χ1n) is 15.3. The summed E-state index contributed by atoms with van der Waals surface area (Å²) >= 11 is 0. The van der Waals surface area contributed by atoms with E-state index in [4.69, 9.17) is 9.47 Å². The highest BCUT2D eigenvalue weighted by Gasteiger charge is 2.15. The molecular formula is C31H57NO5. The molecule has 0 fully saturated rings. The van der Waals surface area contributed by atoms with Crippen molar-refractivity contribution in [3.8, 4) is 0 Å². The molecule has 0 saturated heterocycles. The summed E-state index contributed by atoms with van der Waals surface area (Å²) in [5.41, 5.74) is 0. The van der Waals surface area contributed by atoms with Gasteiger partial charge in [0, 0.05) is 25.9 Å². The zero-order valence-corrected chi connectivity index (χ0v) is 24.4. The minimum atomic E-state index is -0.242. The number of hydrogen-bond donors (Lipinski definition) is 0. The number of ether oxygens (including phenoxy) is 2. The fraction of sp³-hybridized carbons (Fsp3) is 0.839. The number of carbonyl (C=O) groups is 3. The zero-order valence-electron chi connectivity index (χ0n) is 24.4. The van der Waals surface area contributed by atoms with Gasteiger partial charge >= 0.3 is 11.9 Å². The Balaban J connectivity index is 4.08. The van der Waals surface area contributed by atoms with Crippen LogP contribution < -0.4 is 0 Å². The molecule has 6 nitrogen and oxygen atoms in total. The highest BCUT2D eigenvalue weighted by molar-refractivity contribution is 5.70. The van der Waals surface area contributed by atoms with Crippen molar-refractivity contribution in [2.45, 2.75) is 149 Å². The van der Waals surface area contributed by atoms with Crippen molar-refractivity contribution in [3.63, 3.8) is 0 Å². The quantitative estimate of drug-likeness (QED) is 0.0473. The van der Waals surface area contributed by atoms with Gasteiger partial charge in [-0.3, -0.25) is 14.4 Å². The second-order valence-electron chi connectivity index (χ2n) is 10.2. The van der Waals surface area contributed by atoms with Crippen molar-refractivity contribution >= 4 is 18.3 Å². The van der Waals surface area contributed by atoms with Gasteiger partial charge in [-0.05, 0) is 51.4 Å². The van der Waals surface area contributed by atoms with Crippen LogP contribution in [0.3, 0.4) is 0 Å². The second kappa shape index (κ2) is 27.2. The average molecular weight is 524 g/mol. The number of carbonyl (C=O) groups excluding carboxylic acids is 3. The average Bonchev–Trinajstić information content (AvgIpc) is 2.89. The molecule has 0 aliphatic carbocycles. The Morgan fingerprint density at radius 2 is 1.22 bits per heavy atom. The highest BCUT2D eigenvalue weighted by Crippen LogP contribution is 2.16. The van der Waals surface area contributed by atoms with Gasteiger partial charge in [-0.1, -0.05) is 90.7 Å². The number of amides is 1. The van der Waals surface area contributed by atoms with Crippen molar-refractivity contribution in [2.24, 2.45) is 0 Å². The minimum absolute atomic E-state index is 0.0188. The molecule has 0 aromatic carbocycles. The number of hydrogen-bond acceptors (Lipinski definition) is 5. The molecule has 0 heterocycles. The van der Waals surface area contributed by atoms with Gasteiger partial charge in [0.1, 0.15) is 12.7 Å². The first kappa shape index (κ1) is 35.2. The van der Waals surface area contributed by atoms with Gasteiger partial charge in [0.2, 0.25) is 6.41 Å². The van der Waals surface area contributed by atoms with Crippen molar-refractivity contribution in [1.29, 1.82) is 0 Å². The molecule has 0 saturated carbocycles. The molecule has 0 atom stereocenters. The molecule has 0 bridgehead atoms. The summed E-state index contributed by atoms with van der Waals surface area (Å²) in [5.74, 6) is -0.405. The van der Waals surface area contributed by atoms with Gasteiger partial charge in [-0.2, -0.15) is 0 Å². The molecule has 216 valence electrons. The van der Waals surface area contributed by atoms with Crippen LogP contribution >= 0.6 is 0 Å². The smallest absolute Gasteiger partial charge is 0.306 e. The van der Waals surface area contributed by atoms with E-state index < -0.39 is 0 Å². The van der Waals surface area contributed by atoms with E-state index >= 15 is 0 Å². The predicted molar refractivity (Wildman–Crippen MR) is 152 cm³/mol. The molecule has 0 spiro atoms. The SMILES string of the molecule is CCCCCC/C=C\COC(=O)CCCN(C=O)CCCC(=O)OC(CCCCCC)CCCCCC. The van der Waals surface area contributed by atoms with Crippen LogP contribution in [-0.2, 0) is 23.9 Å². The van der Waals surface area contributed by atoms with Crippen LogP contribution in [0.5, 0.6) is 0 Å². The van der Waals surface area contributed by atoms with Gasteiger partial charge < -0.3 is 14.4 Å². The van der Waals surface area contributed by atoms with Crippen LogP contribution in [-0.4, -0.2) is 49.0 Å². The molecule has 0 aromatic heterocycles. The molecule has 0 aromatic rings. The summed E-state index contributed by atoms with van der Waals surface area (Å²) in [6, 6.07) is 0. The summed E-state index contributed by atoms with van der Waals surface area (Å²) in [7, 11) is 0. The van der Waals surface area contributed by atoms with E-state index in [-0.39, 0.29) is 24.5 Å². The van der Waals surface area contributed by atoms with Crippen LogP contribution in [0.2, 0.25) is 0 Å². The third kappa shape index (κ3) is 24.3. The molecule has 0 aliphatic rings. The Hall–Kier alpha value is -1.85. The second-order valence-corrected chi connectivity index (χ2v) is 10.2. The molecule has 0 N–H and O–H groups in total. The van der Waals surface area contributed by atoms with E-state index in [1.807, 2.05) is 6.08 Å². The normalized spacial score (nSPS) is 11.2. The van der Waals surface area contributed by atoms with Gasteiger partial charge in [0.05, 0.1) is 0 Å². The Bertz CT molecular complexity index is 566. The first-order valence-corrected chi connectivity index (χ1v) is 15.3. The number of allylic oxidation sites excluding steroid dienone is 1. The lowest BCUT2D eigenvalue weighted by atomic mass is 10.0. The number of nitrogens with zero attached hydrogens (tertiary/aromatic N) is 1. The molecule has 0 rings (SSSR count). The molecular weight excluding hydrogens is 466 g/mol. The summed E-state index contributed by atoms with van der Waals surface area (Å²) in [6.07, 6.45) is 23.8. The topological polar surface area (TPSA) is 72.9 Å².